The van der Waals surface area contributed by atoms with Crippen LogP contribution in [0, 0.1) is 18.3 Å². The molecule has 1 saturated carbocycles. The summed E-state index contributed by atoms with van der Waals surface area (Å²) < 4.78 is 6.02. The minimum absolute atomic E-state index is 0.00514. The Hall–Kier alpha value is -2.87. The van der Waals surface area contributed by atoms with Crippen molar-refractivity contribution in [1.82, 2.24) is 9.88 Å². The number of aromatic nitrogens is 1. The fraction of sp³-hybridized carbons (Fsp3) is 0.381. The van der Waals surface area contributed by atoms with Crippen LogP contribution in [0.15, 0.2) is 42.6 Å². The average molecular weight is 347 g/mol. The van der Waals surface area contributed by atoms with Crippen LogP contribution in [0.2, 0.25) is 0 Å². The Labute approximate surface area is 153 Å². The molecule has 0 radical (unpaired) electrons. The quantitative estimate of drug-likeness (QED) is 0.851. The summed E-state index contributed by atoms with van der Waals surface area (Å²) in [7, 11) is 0. The van der Waals surface area contributed by atoms with Crippen molar-refractivity contribution in [3.05, 3.63) is 59.4 Å². The highest BCUT2D eigenvalue weighted by Crippen LogP contribution is 2.47. The highest BCUT2D eigenvalue weighted by molar-refractivity contribution is 5.94. The van der Waals surface area contributed by atoms with Crippen LogP contribution < -0.4 is 4.74 Å². The molecule has 1 amide bonds. The van der Waals surface area contributed by atoms with Crippen LogP contribution in [0.4, 0.5) is 0 Å². The number of ether oxygens (including phenoxy) is 1. The number of hydrogen-bond donors (Lipinski definition) is 0. The summed E-state index contributed by atoms with van der Waals surface area (Å²) in [6.45, 7) is 3.19. The lowest BCUT2D eigenvalue weighted by atomic mass is 9.96. The molecule has 2 heterocycles. The summed E-state index contributed by atoms with van der Waals surface area (Å²) in [5.41, 5.74) is 2.24. The van der Waals surface area contributed by atoms with Crippen molar-refractivity contribution in [3.63, 3.8) is 0 Å². The Morgan fingerprint density at radius 1 is 1.31 bits per heavy atom. The third-order valence-electron chi connectivity index (χ3n) is 5.33. The van der Waals surface area contributed by atoms with E-state index in [1.807, 2.05) is 48.2 Å². The number of carbonyl (C=O) groups is 1. The van der Waals surface area contributed by atoms with Gasteiger partial charge in [0.2, 0.25) is 0 Å². The van der Waals surface area contributed by atoms with E-state index in [1.165, 1.54) is 0 Å². The van der Waals surface area contributed by atoms with Crippen molar-refractivity contribution in [2.75, 3.05) is 13.1 Å². The number of rotatable bonds is 4. The number of hydrogen-bond acceptors (Lipinski definition) is 4. The zero-order chi connectivity index (χ0) is 18.1. The second-order valence-corrected chi connectivity index (χ2v) is 7.14. The molecule has 1 unspecified atom stereocenters. The number of nitrogens with zero attached hydrogens (tertiary/aromatic N) is 3. The Kier molecular flexibility index (Phi) is 4.12. The largest absolute Gasteiger partial charge is 0.487 e. The molecule has 5 heteroatoms. The molecule has 1 aromatic carbocycles. The van der Waals surface area contributed by atoms with E-state index in [9.17, 15) is 10.1 Å². The molecule has 0 spiro atoms. The fourth-order valence-electron chi connectivity index (χ4n) is 3.49. The summed E-state index contributed by atoms with van der Waals surface area (Å²) in [6.07, 6.45) is 4.38. The van der Waals surface area contributed by atoms with Crippen LogP contribution in [-0.4, -0.2) is 35.0 Å². The van der Waals surface area contributed by atoms with E-state index in [0.29, 0.717) is 18.7 Å². The van der Waals surface area contributed by atoms with Gasteiger partial charge in [-0.1, -0.05) is 12.1 Å². The number of pyridine rings is 1. The number of amides is 1. The van der Waals surface area contributed by atoms with E-state index in [-0.39, 0.29) is 17.4 Å². The van der Waals surface area contributed by atoms with Gasteiger partial charge in [-0.15, -0.1) is 0 Å². The maximum absolute atomic E-state index is 12.8. The van der Waals surface area contributed by atoms with E-state index in [0.717, 1.165) is 36.3 Å². The molecule has 5 nitrogen and oxygen atoms in total. The molecule has 1 aliphatic heterocycles. The predicted octanol–water partition coefficient (Wildman–Crippen LogP) is 3.24. The lowest BCUT2D eigenvalue weighted by Crippen LogP contribution is -2.31. The van der Waals surface area contributed by atoms with Gasteiger partial charge in [0.05, 0.1) is 23.7 Å². The van der Waals surface area contributed by atoms with Gasteiger partial charge in [0, 0.05) is 24.7 Å². The molecular weight excluding hydrogens is 326 g/mol. The molecule has 1 atom stereocenters. The molecular formula is C21H21N3O2. The smallest absolute Gasteiger partial charge is 0.253 e. The zero-order valence-electron chi connectivity index (χ0n) is 14.8. The topological polar surface area (TPSA) is 66.2 Å². The number of benzene rings is 1. The Morgan fingerprint density at radius 3 is 2.73 bits per heavy atom. The summed E-state index contributed by atoms with van der Waals surface area (Å²) >= 11 is 0. The van der Waals surface area contributed by atoms with Crippen molar-refractivity contribution in [1.29, 1.82) is 5.26 Å². The Morgan fingerprint density at radius 2 is 2.08 bits per heavy atom. The van der Waals surface area contributed by atoms with Crippen molar-refractivity contribution in [2.24, 2.45) is 0 Å². The first-order valence-corrected chi connectivity index (χ1v) is 9.01. The van der Waals surface area contributed by atoms with Crippen molar-refractivity contribution in [3.8, 4) is 11.8 Å². The highest BCUT2D eigenvalue weighted by Gasteiger charge is 2.44. The second-order valence-electron chi connectivity index (χ2n) is 7.14. The van der Waals surface area contributed by atoms with Gasteiger partial charge in [0.15, 0.2) is 0 Å². The minimum atomic E-state index is -0.310. The molecule has 0 bridgehead atoms. The highest BCUT2D eigenvalue weighted by atomic mass is 16.5. The van der Waals surface area contributed by atoms with Gasteiger partial charge in [0.25, 0.3) is 5.91 Å². The van der Waals surface area contributed by atoms with Gasteiger partial charge < -0.3 is 9.64 Å². The third kappa shape index (κ3) is 3.03. The van der Waals surface area contributed by atoms with E-state index in [2.05, 4.69) is 11.1 Å². The van der Waals surface area contributed by atoms with E-state index in [4.69, 9.17) is 4.74 Å². The lowest BCUT2D eigenvalue weighted by Gasteiger charge is -2.18. The van der Waals surface area contributed by atoms with Gasteiger partial charge in [-0.25, -0.2) is 0 Å². The molecule has 0 N–H and O–H groups in total. The maximum atomic E-state index is 12.8. The monoisotopic (exact) mass is 347 g/mol. The van der Waals surface area contributed by atoms with Crippen molar-refractivity contribution < 1.29 is 9.53 Å². The van der Waals surface area contributed by atoms with Crippen LogP contribution >= 0.6 is 0 Å². The zero-order valence-corrected chi connectivity index (χ0v) is 14.8. The number of carbonyl (C=O) groups excluding carboxylic acids is 1. The first-order valence-electron chi connectivity index (χ1n) is 9.01. The molecule has 4 rings (SSSR count). The van der Waals surface area contributed by atoms with Crippen LogP contribution in [0.1, 0.15) is 40.9 Å². The summed E-state index contributed by atoms with van der Waals surface area (Å²) in [5, 5.41) is 9.29. The molecule has 2 aromatic rings. The Bertz CT molecular complexity index is 866. The van der Waals surface area contributed by atoms with E-state index in [1.54, 1.807) is 6.20 Å². The van der Waals surface area contributed by atoms with Gasteiger partial charge in [0.1, 0.15) is 11.9 Å². The van der Waals surface area contributed by atoms with Crippen LogP contribution in [0.25, 0.3) is 0 Å². The minimum Gasteiger partial charge on any atom is -0.487 e. The van der Waals surface area contributed by atoms with Crippen molar-refractivity contribution >= 4 is 5.91 Å². The van der Waals surface area contributed by atoms with Gasteiger partial charge in [-0.2, -0.15) is 5.26 Å². The molecule has 1 aromatic heterocycles. The Balaban J connectivity index is 1.40. The van der Waals surface area contributed by atoms with E-state index >= 15 is 0 Å². The van der Waals surface area contributed by atoms with Crippen molar-refractivity contribution in [2.45, 2.75) is 37.7 Å². The molecule has 132 valence electrons. The van der Waals surface area contributed by atoms with Gasteiger partial charge >= 0.3 is 0 Å². The molecule has 2 aliphatic rings. The predicted molar refractivity (Wildman–Crippen MR) is 96.9 cm³/mol. The summed E-state index contributed by atoms with van der Waals surface area (Å²) in [5.74, 6) is 0.801. The van der Waals surface area contributed by atoms with Gasteiger partial charge in [-0.05, 0) is 49.6 Å². The first kappa shape index (κ1) is 16.6. The molecule has 26 heavy (non-hydrogen) atoms. The van der Waals surface area contributed by atoms with E-state index < -0.39 is 0 Å². The molecule has 2 fully saturated rings. The standard InChI is InChI=1S/C21H21N3O2/c1-15-19(3-2-11-23-15)26-18-8-12-24(13-18)20(25)16-4-6-17(7-5-16)21(14-22)9-10-21/h2-7,11,18H,8-10,12-13H2,1H3. The lowest BCUT2D eigenvalue weighted by molar-refractivity contribution is 0.0772. The summed E-state index contributed by atoms with van der Waals surface area (Å²) in [6, 6.07) is 13.7. The SMILES string of the molecule is Cc1ncccc1OC1CCN(C(=O)c2ccc(C3(C#N)CC3)cc2)C1. The third-order valence-corrected chi connectivity index (χ3v) is 5.33. The summed E-state index contributed by atoms with van der Waals surface area (Å²) in [4.78, 5) is 18.8. The average Bonchev–Trinajstić information content (AvgIpc) is 3.34. The number of likely N-dealkylation sites (tertiary alicyclic amines) is 1. The molecule has 1 saturated heterocycles. The molecule has 1 aliphatic carbocycles. The van der Waals surface area contributed by atoms with Crippen LogP contribution in [-0.2, 0) is 5.41 Å². The van der Waals surface area contributed by atoms with Crippen LogP contribution in [0.5, 0.6) is 5.75 Å². The van der Waals surface area contributed by atoms with Crippen LogP contribution in [0.3, 0.4) is 0 Å². The first-order chi connectivity index (χ1) is 12.6. The normalized spacial score (nSPS) is 20.5. The fourth-order valence-corrected chi connectivity index (χ4v) is 3.49. The second kappa shape index (κ2) is 6.45. The number of nitriles is 1. The van der Waals surface area contributed by atoms with Gasteiger partial charge in [-0.3, -0.25) is 9.78 Å². The maximum Gasteiger partial charge on any atom is 0.253 e. The number of aryl methyl sites for hydroxylation is 1.